The third-order valence-corrected chi connectivity index (χ3v) is 2.79. The number of benzene rings is 1. The van der Waals surface area contributed by atoms with Gasteiger partial charge in [-0.15, -0.1) is 0 Å². The van der Waals surface area contributed by atoms with Crippen molar-refractivity contribution in [1.82, 2.24) is 15.5 Å². The fourth-order valence-corrected chi connectivity index (χ4v) is 1.70. The molecule has 1 aromatic heterocycles. The van der Waals surface area contributed by atoms with Crippen molar-refractivity contribution in [1.29, 1.82) is 0 Å². The lowest BCUT2D eigenvalue weighted by Crippen LogP contribution is -2.26. The number of H-pyrrole nitrogens is 1. The van der Waals surface area contributed by atoms with Crippen LogP contribution in [0.15, 0.2) is 36.7 Å². The molecule has 0 saturated heterocycles. The molecule has 0 radical (unpaired) electrons. The minimum absolute atomic E-state index is 0.0854. The quantitative estimate of drug-likeness (QED) is 0.759. The summed E-state index contributed by atoms with van der Waals surface area (Å²) in [5.41, 5.74) is 8.06. The average molecular weight is 244 g/mol. The topological polar surface area (TPSA) is 83.8 Å². The highest BCUT2D eigenvalue weighted by Crippen LogP contribution is 2.11. The van der Waals surface area contributed by atoms with Gasteiger partial charge < -0.3 is 11.1 Å². The molecule has 5 nitrogen and oxygen atoms in total. The summed E-state index contributed by atoms with van der Waals surface area (Å²) in [6.45, 7) is 2.34. The average Bonchev–Trinajstić information content (AvgIpc) is 2.92. The summed E-state index contributed by atoms with van der Waals surface area (Å²) >= 11 is 0. The number of aromatic nitrogens is 2. The number of aromatic amines is 1. The molecule has 1 amide bonds. The molecule has 4 N–H and O–H groups in total. The number of hydrogen-bond acceptors (Lipinski definition) is 3. The van der Waals surface area contributed by atoms with Gasteiger partial charge in [-0.05, 0) is 24.6 Å². The zero-order valence-corrected chi connectivity index (χ0v) is 10.2. The maximum atomic E-state index is 12.0. The Bertz CT molecular complexity index is 522. The van der Waals surface area contributed by atoms with Gasteiger partial charge in [0.2, 0.25) is 0 Å². The van der Waals surface area contributed by atoms with Crippen molar-refractivity contribution < 1.29 is 4.79 Å². The number of nitrogens with one attached hydrogen (secondary N) is 2. The van der Waals surface area contributed by atoms with Crippen LogP contribution >= 0.6 is 0 Å². The van der Waals surface area contributed by atoms with Crippen molar-refractivity contribution in [3.63, 3.8) is 0 Å². The summed E-state index contributed by atoms with van der Waals surface area (Å²) in [5.74, 6) is -0.112. The smallest absolute Gasteiger partial charge is 0.251 e. The highest BCUT2D eigenvalue weighted by Gasteiger charge is 2.12. The second kappa shape index (κ2) is 5.46. The molecule has 0 spiro atoms. The zero-order chi connectivity index (χ0) is 13.0. The zero-order valence-electron chi connectivity index (χ0n) is 10.2. The molecule has 94 valence electrons. The molecule has 0 aliphatic heterocycles. The van der Waals surface area contributed by atoms with Crippen LogP contribution in [-0.4, -0.2) is 16.1 Å². The Morgan fingerprint density at radius 3 is 3.06 bits per heavy atom. The molecule has 0 aliphatic carbocycles. The maximum Gasteiger partial charge on any atom is 0.251 e. The number of rotatable bonds is 4. The Hall–Kier alpha value is -2.14. The lowest BCUT2D eigenvalue weighted by molar-refractivity contribution is 0.0940. The van der Waals surface area contributed by atoms with E-state index in [1.165, 1.54) is 0 Å². The molecule has 1 atom stereocenters. The minimum Gasteiger partial charge on any atom is -0.345 e. The van der Waals surface area contributed by atoms with E-state index in [0.29, 0.717) is 12.1 Å². The molecule has 2 rings (SSSR count). The van der Waals surface area contributed by atoms with Gasteiger partial charge >= 0.3 is 0 Å². The second-order valence-electron chi connectivity index (χ2n) is 4.13. The molecule has 0 saturated carbocycles. The van der Waals surface area contributed by atoms with Crippen LogP contribution in [0.5, 0.6) is 0 Å². The summed E-state index contributed by atoms with van der Waals surface area (Å²) in [6, 6.07) is 7.22. The van der Waals surface area contributed by atoms with Crippen LogP contribution < -0.4 is 11.1 Å². The molecule has 5 heteroatoms. The number of amides is 1. The molecular formula is C13H16N4O. The number of nitrogens with zero attached hydrogens (tertiary/aromatic N) is 1. The predicted molar refractivity (Wildman–Crippen MR) is 68.8 cm³/mol. The van der Waals surface area contributed by atoms with E-state index in [0.717, 1.165) is 11.1 Å². The number of carbonyl (C=O) groups is 1. The van der Waals surface area contributed by atoms with E-state index >= 15 is 0 Å². The van der Waals surface area contributed by atoms with Crippen LogP contribution in [0.1, 0.15) is 34.5 Å². The second-order valence-corrected chi connectivity index (χ2v) is 4.13. The van der Waals surface area contributed by atoms with Gasteiger partial charge in [0.1, 0.15) is 0 Å². The molecule has 1 unspecified atom stereocenters. The third kappa shape index (κ3) is 2.75. The summed E-state index contributed by atoms with van der Waals surface area (Å²) in [7, 11) is 0. The van der Waals surface area contributed by atoms with E-state index in [2.05, 4.69) is 15.5 Å². The van der Waals surface area contributed by atoms with Gasteiger partial charge in [0.15, 0.2) is 0 Å². The normalized spacial score (nSPS) is 12.1. The van der Waals surface area contributed by atoms with Crippen molar-refractivity contribution in [3.05, 3.63) is 53.3 Å². The molecule has 2 aromatic rings. The van der Waals surface area contributed by atoms with E-state index in [4.69, 9.17) is 5.73 Å². The molecular weight excluding hydrogens is 228 g/mol. The predicted octanol–water partition coefficient (Wildman–Crippen LogP) is 1.36. The lowest BCUT2D eigenvalue weighted by Gasteiger charge is -2.12. The van der Waals surface area contributed by atoms with Crippen LogP contribution in [0.25, 0.3) is 0 Å². The van der Waals surface area contributed by atoms with E-state index in [-0.39, 0.29) is 11.9 Å². The number of hydrogen-bond donors (Lipinski definition) is 3. The summed E-state index contributed by atoms with van der Waals surface area (Å²) in [5, 5.41) is 9.49. The fraction of sp³-hybridized carbons (Fsp3) is 0.231. The Morgan fingerprint density at radius 2 is 2.39 bits per heavy atom. The Morgan fingerprint density at radius 1 is 1.56 bits per heavy atom. The third-order valence-electron chi connectivity index (χ3n) is 2.79. The highest BCUT2D eigenvalue weighted by molar-refractivity contribution is 5.94. The van der Waals surface area contributed by atoms with Crippen LogP contribution in [0, 0.1) is 0 Å². The van der Waals surface area contributed by atoms with Gasteiger partial charge in [0.05, 0.1) is 12.2 Å². The van der Waals surface area contributed by atoms with Gasteiger partial charge in [-0.1, -0.05) is 12.1 Å². The van der Waals surface area contributed by atoms with Crippen LogP contribution in [0.4, 0.5) is 0 Å². The van der Waals surface area contributed by atoms with Crippen LogP contribution in [0.2, 0.25) is 0 Å². The first-order valence-electron chi connectivity index (χ1n) is 5.79. The first kappa shape index (κ1) is 12.3. The van der Waals surface area contributed by atoms with Gasteiger partial charge in [0, 0.05) is 23.9 Å². The van der Waals surface area contributed by atoms with E-state index in [1.54, 1.807) is 24.5 Å². The van der Waals surface area contributed by atoms with Crippen molar-refractivity contribution in [2.24, 2.45) is 5.73 Å². The largest absolute Gasteiger partial charge is 0.345 e. The van der Waals surface area contributed by atoms with E-state index in [9.17, 15) is 4.79 Å². The van der Waals surface area contributed by atoms with Crippen molar-refractivity contribution in [2.75, 3.05) is 0 Å². The molecule has 18 heavy (non-hydrogen) atoms. The van der Waals surface area contributed by atoms with Gasteiger partial charge in [-0.25, -0.2) is 0 Å². The number of nitrogens with two attached hydrogens (primary N) is 1. The maximum absolute atomic E-state index is 12.0. The highest BCUT2D eigenvalue weighted by atomic mass is 16.1. The minimum atomic E-state index is -0.112. The van der Waals surface area contributed by atoms with Crippen LogP contribution in [0.3, 0.4) is 0 Å². The van der Waals surface area contributed by atoms with Gasteiger partial charge in [-0.2, -0.15) is 5.10 Å². The Labute approximate surface area is 105 Å². The summed E-state index contributed by atoms with van der Waals surface area (Å²) in [4.78, 5) is 12.0. The van der Waals surface area contributed by atoms with E-state index < -0.39 is 0 Å². The SMILES string of the molecule is CC(NC(=O)c1cccc(CN)c1)c1cn[nH]c1. The van der Waals surface area contributed by atoms with Crippen LogP contribution in [-0.2, 0) is 6.54 Å². The summed E-state index contributed by atoms with van der Waals surface area (Å²) in [6.07, 6.45) is 3.46. The van der Waals surface area contributed by atoms with Gasteiger partial charge in [0.25, 0.3) is 5.91 Å². The fourth-order valence-electron chi connectivity index (χ4n) is 1.70. The first-order valence-corrected chi connectivity index (χ1v) is 5.79. The molecule has 0 bridgehead atoms. The van der Waals surface area contributed by atoms with Crippen molar-refractivity contribution in [2.45, 2.75) is 19.5 Å². The lowest BCUT2D eigenvalue weighted by atomic mass is 10.1. The summed E-state index contributed by atoms with van der Waals surface area (Å²) < 4.78 is 0. The molecule has 1 aromatic carbocycles. The van der Waals surface area contributed by atoms with E-state index in [1.807, 2.05) is 19.1 Å². The van der Waals surface area contributed by atoms with Crippen molar-refractivity contribution >= 4 is 5.91 Å². The first-order chi connectivity index (χ1) is 8.70. The Balaban J connectivity index is 2.07. The van der Waals surface area contributed by atoms with Gasteiger partial charge in [-0.3, -0.25) is 9.89 Å². The monoisotopic (exact) mass is 244 g/mol. The molecule has 0 fully saturated rings. The standard InChI is InChI=1S/C13H16N4O/c1-9(12-7-15-16-8-12)17-13(18)11-4-2-3-10(5-11)6-14/h2-5,7-9H,6,14H2,1H3,(H,15,16)(H,17,18). The molecule has 1 heterocycles. The van der Waals surface area contributed by atoms with Crippen molar-refractivity contribution in [3.8, 4) is 0 Å². The Kier molecular flexibility index (Phi) is 3.74. The molecule has 0 aliphatic rings. The number of carbonyl (C=O) groups excluding carboxylic acids is 1.